The van der Waals surface area contributed by atoms with Gasteiger partial charge in [0.1, 0.15) is 6.04 Å². The van der Waals surface area contributed by atoms with Crippen LogP contribution in [0.15, 0.2) is 24.3 Å². The molecule has 7 heteroatoms. The lowest BCUT2D eigenvalue weighted by atomic mass is 9.94. The predicted octanol–water partition coefficient (Wildman–Crippen LogP) is 1.16. The third kappa shape index (κ3) is 3.42. The Hall–Kier alpha value is -1.44. The second kappa shape index (κ2) is 6.13. The molecule has 2 N–H and O–H groups in total. The van der Waals surface area contributed by atoms with Crippen LogP contribution in [-0.2, 0) is 21.4 Å². The molecule has 0 aromatic heterocycles. The molecule has 1 unspecified atom stereocenters. The monoisotopic (exact) mass is 312 g/mol. The maximum absolute atomic E-state index is 12.4. The number of aliphatic carboxylic acids is 1. The van der Waals surface area contributed by atoms with Gasteiger partial charge in [-0.3, -0.25) is 4.79 Å². The van der Waals surface area contributed by atoms with E-state index in [4.69, 9.17) is 0 Å². The summed E-state index contributed by atoms with van der Waals surface area (Å²) in [5.41, 5.74) is 1.44. The predicted molar refractivity (Wildman–Crippen MR) is 79.0 cm³/mol. The zero-order valence-corrected chi connectivity index (χ0v) is 12.9. The van der Waals surface area contributed by atoms with Crippen molar-refractivity contribution in [2.24, 2.45) is 5.92 Å². The van der Waals surface area contributed by atoms with Gasteiger partial charge in [-0.1, -0.05) is 38.1 Å². The molecular weight excluding hydrogens is 292 g/mol. The van der Waals surface area contributed by atoms with Crippen molar-refractivity contribution in [3.63, 3.8) is 0 Å². The number of carboxylic acid groups (broad SMARTS) is 1. The van der Waals surface area contributed by atoms with Gasteiger partial charge >= 0.3 is 5.97 Å². The fourth-order valence-corrected chi connectivity index (χ4v) is 3.94. The van der Waals surface area contributed by atoms with Crippen molar-refractivity contribution in [2.45, 2.75) is 26.3 Å². The van der Waals surface area contributed by atoms with Gasteiger partial charge in [0.15, 0.2) is 0 Å². The van der Waals surface area contributed by atoms with E-state index in [1.165, 1.54) is 0 Å². The van der Waals surface area contributed by atoms with Crippen LogP contribution in [0.2, 0.25) is 0 Å². The van der Waals surface area contributed by atoms with Gasteiger partial charge in [-0.25, -0.2) is 4.72 Å². The number of hydrogen-bond acceptors (Lipinski definition) is 3. The van der Waals surface area contributed by atoms with E-state index in [0.717, 1.165) is 9.87 Å². The van der Waals surface area contributed by atoms with E-state index in [2.05, 4.69) is 4.72 Å². The van der Waals surface area contributed by atoms with Crippen LogP contribution in [0.1, 0.15) is 31.0 Å². The maximum atomic E-state index is 12.4. The van der Waals surface area contributed by atoms with E-state index in [1.54, 1.807) is 12.1 Å². The number of benzene rings is 1. The summed E-state index contributed by atoms with van der Waals surface area (Å²) in [4.78, 5) is 11.6. The highest BCUT2D eigenvalue weighted by atomic mass is 32.2. The second-order valence-electron chi connectivity index (χ2n) is 5.55. The van der Waals surface area contributed by atoms with E-state index in [-0.39, 0.29) is 19.0 Å². The third-order valence-corrected chi connectivity index (χ3v) is 5.00. The molecule has 0 radical (unpaired) electrons. The average Bonchev–Trinajstić information content (AvgIpc) is 2.43. The molecule has 1 aliphatic rings. The minimum absolute atomic E-state index is 0.153. The summed E-state index contributed by atoms with van der Waals surface area (Å²) in [5, 5.41) is 9.46. The Labute approximate surface area is 125 Å². The lowest BCUT2D eigenvalue weighted by molar-refractivity contribution is -0.142. The average molecular weight is 312 g/mol. The molecule has 0 amide bonds. The lowest BCUT2D eigenvalue weighted by Crippen LogP contribution is -2.49. The van der Waals surface area contributed by atoms with Crippen molar-refractivity contribution in [3.8, 4) is 0 Å². The van der Waals surface area contributed by atoms with Crippen molar-refractivity contribution in [2.75, 3.05) is 13.1 Å². The van der Waals surface area contributed by atoms with Gasteiger partial charge in [0.25, 0.3) is 10.2 Å². The molecule has 0 saturated heterocycles. The van der Waals surface area contributed by atoms with Crippen molar-refractivity contribution in [1.29, 1.82) is 0 Å². The summed E-state index contributed by atoms with van der Waals surface area (Å²) < 4.78 is 28.3. The molecule has 0 spiro atoms. The number of fused-ring (bicyclic) bond motifs is 1. The van der Waals surface area contributed by atoms with Gasteiger partial charge in [-0.05, 0) is 23.5 Å². The quantitative estimate of drug-likeness (QED) is 0.854. The summed E-state index contributed by atoms with van der Waals surface area (Å²) in [6, 6.07) is 5.92. The Balaban J connectivity index is 2.34. The smallest absolute Gasteiger partial charge is 0.326 e. The molecule has 0 aliphatic carbocycles. The van der Waals surface area contributed by atoms with Crippen LogP contribution >= 0.6 is 0 Å². The van der Waals surface area contributed by atoms with E-state index < -0.39 is 22.2 Å². The topological polar surface area (TPSA) is 86.7 Å². The van der Waals surface area contributed by atoms with Crippen molar-refractivity contribution < 1.29 is 18.3 Å². The van der Waals surface area contributed by atoms with E-state index in [9.17, 15) is 18.3 Å². The Kier molecular flexibility index (Phi) is 4.65. The summed E-state index contributed by atoms with van der Waals surface area (Å²) in [6.07, 6.45) is 0.516. The zero-order valence-electron chi connectivity index (χ0n) is 12.1. The highest BCUT2D eigenvalue weighted by Crippen LogP contribution is 2.31. The van der Waals surface area contributed by atoms with Gasteiger partial charge in [0.05, 0.1) is 0 Å². The van der Waals surface area contributed by atoms with Gasteiger partial charge < -0.3 is 5.11 Å². The number of hydrogen-bond donors (Lipinski definition) is 2. The normalized spacial score (nSPS) is 19.5. The summed E-state index contributed by atoms with van der Waals surface area (Å²) in [6.45, 7) is 4.24. The fourth-order valence-electron chi connectivity index (χ4n) is 2.41. The van der Waals surface area contributed by atoms with Crippen molar-refractivity contribution >= 4 is 16.2 Å². The van der Waals surface area contributed by atoms with Gasteiger partial charge in [0, 0.05) is 13.1 Å². The molecule has 0 bridgehead atoms. The number of carbonyl (C=O) groups is 1. The van der Waals surface area contributed by atoms with Crippen LogP contribution in [-0.4, -0.2) is 36.9 Å². The summed E-state index contributed by atoms with van der Waals surface area (Å²) in [7, 11) is -3.81. The Bertz CT molecular complexity index is 628. The van der Waals surface area contributed by atoms with Crippen LogP contribution < -0.4 is 4.72 Å². The SMILES string of the molecule is CC(C)CNS(=O)(=O)N1CCc2ccccc2C1C(=O)O. The van der Waals surface area contributed by atoms with Gasteiger partial charge in [-0.2, -0.15) is 12.7 Å². The largest absolute Gasteiger partial charge is 0.480 e. The van der Waals surface area contributed by atoms with Crippen LogP contribution in [0.25, 0.3) is 0 Å². The van der Waals surface area contributed by atoms with Gasteiger partial charge in [-0.15, -0.1) is 0 Å². The first-order valence-electron chi connectivity index (χ1n) is 6.90. The van der Waals surface area contributed by atoms with Crippen LogP contribution in [0.3, 0.4) is 0 Å². The number of nitrogens with one attached hydrogen (secondary N) is 1. The van der Waals surface area contributed by atoms with Crippen LogP contribution in [0, 0.1) is 5.92 Å². The molecule has 1 aromatic carbocycles. The van der Waals surface area contributed by atoms with E-state index >= 15 is 0 Å². The minimum atomic E-state index is -3.81. The first-order chi connectivity index (χ1) is 9.83. The lowest BCUT2D eigenvalue weighted by Gasteiger charge is -2.33. The first kappa shape index (κ1) is 15.9. The van der Waals surface area contributed by atoms with Gasteiger partial charge in [0.2, 0.25) is 0 Å². The molecule has 2 rings (SSSR count). The number of rotatable bonds is 5. The Morgan fingerprint density at radius 2 is 2.10 bits per heavy atom. The number of nitrogens with zero attached hydrogens (tertiary/aromatic N) is 1. The molecule has 1 atom stereocenters. The van der Waals surface area contributed by atoms with Crippen LogP contribution in [0.5, 0.6) is 0 Å². The molecule has 21 heavy (non-hydrogen) atoms. The highest BCUT2D eigenvalue weighted by Gasteiger charge is 2.39. The first-order valence-corrected chi connectivity index (χ1v) is 8.34. The molecule has 1 heterocycles. The molecular formula is C14H20N2O4S. The molecule has 0 fully saturated rings. The fraction of sp³-hybridized carbons (Fsp3) is 0.500. The van der Waals surface area contributed by atoms with Crippen molar-refractivity contribution in [3.05, 3.63) is 35.4 Å². The third-order valence-electron chi connectivity index (χ3n) is 3.46. The second-order valence-corrected chi connectivity index (χ2v) is 7.26. The molecule has 1 aliphatic heterocycles. The maximum Gasteiger partial charge on any atom is 0.326 e. The van der Waals surface area contributed by atoms with Crippen LogP contribution in [0.4, 0.5) is 0 Å². The summed E-state index contributed by atoms with van der Waals surface area (Å²) in [5.74, 6) is -1.00. The standard InChI is InChI=1S/C14H20N2O4S/c1-10(2)9-15-21(19,20)16-8-7-11-5-3-4-6-12(11)13(16)14(17)18/h3-6,10,13,15H,7-9H2,1-2H3,(H,17,18). The Morgan fingerprint density at radius 1 is 1.43 bits per heavy atom. The van der Waals surface area contributed by atoms with E-state index in [0.29, 0.717) is 12.0 Å². The minimum Gasteiger partial charge on any atom is -0.480 e. The number of carboxylic acids is 1. The molecule has 116 valence electrons. The van der Waals surface area contributed by atoms with Crippen molar-refractivity contribution in [1.82, 2.24) is 9.03 Å². The highest BCUT2D eigenvalue weighted by molar-refractivity contribution is 7.87. The molecule has 1 aromatic rings. The summed E-state index contributed by atoms with van der Waals surface area (Å²) >= 11 is 0. The molecule has 6 nitrogen and oxygen atoms in total. The Morgan fingerprint density at radius 3 is 2.71 bits per heavy atom. The van der Waals surface area contributed by atoms with E-state index in [1.807, 2.05) is 26.0 Å². The zero-order chi connectivity index (χ0) is 15.6. The molecule has 0 saturated carbocycles.